The molecule has 0 atom stereocenters. The molecule has 2 N–H and O–H groups in total. The minimum atomic E-state index is 0.0149. The molecule has 8 heteroatoms. The average molecular weight is 390 g/mol. The second kappa shape index (κ2) is 6.37. The van der Waals surface area contributed by atoms with Crippen LogP contribution in [0.15, 0.2) is 22.9 Å². The second-order valence-corrected chi connectivity index (χ2v) is 7.55. The summed E-state index contributed by atoms with van der Waals surface area (Å²) < 4.78 is 3.30. The number of rotatable bonds is 6. The summed E-state index contributed by atoms with van der Waals surface area (Å²) in [6.45, 7) is 0.935. The highest BCUT2D eigenvalue weighted by atomic mass is 79.9. The third-order valence-electron chi connectivity index (χ3n) is 3.04. The van der Waals surface area contributed by atoms with Crippen LogP contribution in [0, 0.1) is 0 Å². The fourth-order valence-electron chi connectivity index (χ4n) is 1.86. The number of amides is 1. The van der Waals surface area contributed by atoms with Gasteiger partial charge in [0.05, 0.1) is 11.9 Å². The van der Waals surface area contributed by atoms with Gasteiger partial charge in [-0.2, -0.15) is 5.10 Å². The van der Waals surface area contributed by atoms with E-state index in [2.05, 4.69) is 31.7 Å². The van der Waals surface area contributed by atoms with Gasteiger partial charge < -0.3 is 10.6 Å². The van der Waals surface area contributed by atoms with Gasteiger partial charge in [0.1, 0.15) is 10.9 Å². The highest BCUT2D eigenvalue weighted by molar-refractivity contribution is 9.10. The van der Waals surface area contributed by atoms with Crippen LogP contribution in [-0.4, -0.2) is 21.7 Å². The van der Waals surface area contributed by atoms with Crippen molar-refractivity contribution in [1.82, 2.24) is 15.1 Å². The van der Waals surface area contributed by atoms with E-state index in [1.54, 1.807) is 10.9 Å². The van der Waals surface area contributed by atoms with Crippen LogP contribution in [-0.2, 0) is 17.9 Å². The lowest BCUT2D eigenvalue weighted by molar-refractivity contribution is -0.122. The van der Waals surface area contributed by atoms with E-state index >= 15 is 0 Å². The molecule has 0 bridgehead atoms. The van der Waals surface area contributed by atoms with Gasteiger partial charge in [0, 0.05) is 28.1 Å². The zero-order chi connectivity index (χ0) is 14.8. The Kier molecular flexibility index (Phi) is 4.51. The molecule has 21 heavy (non-hydrogen) atoms. The van der Waals surface area contributed by atoms with Gasteiger partial charge in [-0.25, -0.2) is 0 Å². The van der Waals surface area contributed by atoms with Crippen molar-refractivity contribution in [2.24, 2.45) is 0 Å². The molecule has 0 aliphatic heterocycles. The van der Waals surface area contributed by atoms with Crippen LogP contribution in [0.1, 0.15) is 17.7 Å². The Morgan fingerprint density at radius 2 is 2.38 bits per heavy atom. The average Bonchev–Trinajstić information content (AvgIpc) is 3.03. The molecule has 3 rings (SSSR count). The van der Waals surface area contributed by atoms with Crippen molar-refractivity contribution in [1.29, 1.82) is 0 Å². The molecule has 0 unspecified atom stereocenters. The number of thiophene rings is 1. The van der Waals surface area contributed by atoms with Crippen molar-refractivity contribution in [2.45, 2.75) is 32.0 Å². The van der Waals surface area contributed by atoms with Crippen molar-refractivity contribution in [3.8, 4) is 0 Å². The predicted octanol–water partition coefficient (Wildman–Crippen LogP) is 3.25. The lowest BCUT2D eigenvalue weighted by Crippen LogP contribution is -2.29. The van der Waals surface area contributed by atoms with Crippen molar-refractivity contribution < 1.29 is 4.79 Å². The quantitative estimate of drug-likeness (QED) is 0.797. The lowest BCUT2D eigenvalue weighted by Gasteiger charge is -2.03. The largest absolute Gasteiger partial charge is 0.378 e. The summed E-state index contributed by atoms with van der Waals surface area (Å²) in [5, 5.41) is 10.4. The van der Waals surface area contributed by atoms with Crippen LogP contribution < -0.4 is 10.6 Å². The maximum Gasteiger partial charge on any atom is 0.241 e. The van der Waals surface area contributed by atoms with E-state index in [0.29, 0.717) is 12.6 Å². The molecule has 0 spiro atoms. The molecular weight excluding hydrogens is 376 g/mol. The summed E-state index contributed by atoms with van der Waals surface area (Å²) in [4.78, 5) is 12.8. The van der Waals surface area contributed by atoms with Crippen LogP contribution >= 0.6 is 38.9 Å². The van der Waals surface area contributed by atoms with Gasteiger partial charge >= 0.3 is 0 Å². The number of nitrogens with zero attached hydrogens (tertiary/aromatic N) is 2. The molecule has 112 valence electrons. The number of carbonyl (C=O) groups excluding carboxylic acids is 1. The smallest absolute Gasteiger partial charge is 0.241 e. The van der Waals surface area contributed by atoms with Gasteiger partial charge in [-0.3, -0.25) is 9.48 Å². The Labute approximate surface area is 139 Å². The summed E-state index contributed by atoms with van der Waals surface area (Å²) in [5.41, 5.74) is 0.884. The first-order valence-corrected chi connectivity index (χ1v) is 8.58. The Morgan fingerprint density at radius 3 is 3.05 bits per heavy atom. The molecule has 1 fully saturated rings. The second-order valence-electron chi connectivity index (χ2n) is 4.96. The SMILES string of the molecule is O=C(Cn1cc(NCc2cc(Br)c(Cl)s2)cn1)NC1CC1. The van der Waals surface area contributed by atoms with Gasteiger partial charge in [0.15, 0.2) is 0 Å². The van der Waals surface area contributed by atoms with Crippen LogP contribution in [0.5, 0.6) is 0 Å². The number of hydrogen-bond acceptors (Lipinski definition) is 4. The van der Waals surface area contributed by atoms with E-state index in [-0.39, 0.29) is 12.5 Å². The molecule has 1 amide bonds. The summed E-state index contributed by atoms with van der Waals surface area (Å²) in [5.74, 6) is 0.0149. The predicted molar refractivity (Wildman–Crippen MR) is 87.7 cm³/mol. The van der Waals surface area contributed by atoms with Gasteiger partial charge in [-0.15, -0.1) is 11.3 Å². The number of halogens is 2. The maximum atomic E-state index is 11.7. The topological polar surface area (TPSA) is 59.0 Å². The molecule has 5 nitrogen and oxygen atoms in total. The Hall–Kier alpha value is -1.05. The Balaban J connectivity index is 1.51. The van der Waals surface area contributed by atoms with Crippen LogP contribution in [0.2, 0.25) is 4.34 Å². The van der Waals surface area contributed by atoms with Gasteiger partial charge in [-0.1, -0.05) is 11.6 Å². The van der Waals surface area contributed by atoms with Crippen molar-refractivity contribution in [3.63, 3.8) is 0 Å². The normalized spacial score (nSPS) is 14.2. The summed E-state index contributed by atoms with van der Waals surface area (Å²) in [6, 6.07) is 2.38. The van der Waals surface area contributed by atoms with Crippen LogP contribution in [0.3, 0.4) is 0 Å². The highest BCUT2D eigenvalue weighted by Crippen LogP contribution is 2.32. The van der Waals surface area contributed by atoms with E-state index in [0.717, 1.165) is 32.2 Å². The first-order chi connectivity index (χ1) is 10.1. The fourth-order valence-corrected chi connectivity index (χ4v) is 3.59. The highest BCUT2D eigenvalue weighted by Gasteiger charge is 2.23. The lowest BCUT2D eigenvalue weighted by atomic mass is 10.4. The molecule has 1 aliphatic rings. The van der Waals surface area contributed by atoms with Crippen molar-refractivity contribution in [3.05, 3.63) is 32.1 Å². The molecule has 2 heterocycles. The first kappa shape index (κ1) is 14.9. The van der Waals surface area contributed by atoms with Crippen molar-refractivity contribution >= 4 is 50.5 Å². The van der Waals surface area contributed by atoms with Crippen LogP contribution in [0.4, 0.5) is 5.69 Å². The molecule has 1 aliphatic carbocycles. The van der Waals surface area contributed by atoms with E-state index in [1.165, 1.54) is 11.3 Å². The van der Waals surface area contributed by atoms with Crippen LogP contribution in [0.25, 0.3) is 0 Å². The zero-order valence-corrected chi connectivity index (χ0v) is 14.3. The molecule has 2 aromatic rings. The monoisotopic (exact) mass is 388 g/mol. The first-order valence-electron chi connectivity index (χ1n) is 6.59. The minimum Gasteiger partial charge on any atom is -0.378 e. The molecule has 1 saturated carbocycles. The molecule has 0 radical (unpaired) electrons. The Bertz CT molecular complexity index is 633. The maximum absolute atomic E-state index is 11.7. The van der Waals surface area contributed by atoms with Gasteiger partial charge in [0.2, 0.25) is 5.91 Å². The fraction of sp³-hybridized carbons (Fsp3) is 0.385. The van der Waals surface area contributed by atoms with Crippen molar-refractivity contribution in [2.75, 3.05) is 5.32 Å². The molecule has 0 saturated heterocycles. The van der Waals surface area contributed by atoms with E-state index in [9.17, 15) is 4.79 Å². The summed E-state index contributed by atoms with van der Waals surface area (Å²) >= 11 is 10.9. The minimum absolute atomic E-state index is 0.0149. The van der Waals surface area contributed by atoms with E-state index < -0.39 is 0 Å². The van der Waals surface area contributed by atoms with Gasteiger partial charge in [0.25, 0.3) is 0 Å². The molecule has 2 aromatic heterocycles. The zero-order valence-electron chi connectivity index (χ0n) is 11.1. The number of hydrogen-bond donors (Lipinski definition) is 2. The standard InChI is InChI=1S/C13H14BrClN4OS/c14-11-3-10(21-13(11)15)5-16-9-4-17-19(6-9)7-12(20)18-8-1-2-8/h3-4,6,8,16H,1-2,5,7H2,(H,18,20). The third-order valence-corrected chi connectivity index (χ3v) is 5.52. The van der Waals surface area contributed by atoms with E-state index in [4.69, 9.17) is 11.6 Å². The summed E-state index contributed by atoms with van der Waals surface area (Å²) in [7, 11) is 0. The number of anilines is 1. The number of aromatic nitrogens is 2. The number of nitrogens with one attached hydrogen (secondary N) is 2. The number of carbonyl (C=O) groups is 1. The third kappa shape index (κ3) is 4.21. The molecular formula is C13H14BrClN4OS. The molecule has 0 aromatic carbocycles. The van der Waals surface area contributed by atoms with E-state index in [1.807, 2.05) is 12.3 Å². The van der Waals surface area contributed by atoms with Gasteiger partial charge in [-0.05, 0) is 34.8 Å². The summed E-state index contributed by atoms with van der Waals surface area (Å²) in [6.07, 6.45) is 5.73. The Morgan fingerprint density at radius 1 is 1.57 bits per heavy atom.